The van der Waals surface area contributed by atoms with Crippen LogP contribution in [0.2, 0.25) is 0 Å². The summed E-state index contributed by atoms with van der Waals surface area (Å²) in [6, 6.07) is 1.31. The van der Waals surface area contributed by atoms with Crippen LogP contribution in [0.5, 0.6) is 0 Å². The Balaban J connectivity index is 1.32. The van der Waals surface area contributed by atoms with Gasteiger partial charge in [-0.1, -0.05) is 13.8 Å². The third-order valence-corrected chi connectivity index (χ3v) is 10.5. The average molecular weight is 447 g/mol. The first-order valence-electron chi connectivity index (χ1n) is 12.6. The second-order valence-corrected chi connectivity index (χ2v) is 12.0. The zero-order chi connectivity index (χ0) is 22.7. The molecule has 178 valence electrons. The number of carbonyl (C=O) groups excluding carboxylic acids is 1. The zero-order valence-corrected chi connectivity index (χ0v) is 19.9. The molecule has 0 bridgehead atoms. The Hall–Kier alpha value is -1.27. The van der Waals surface area contributed by atoms with Gasteiger partial charge >= 0.3 is 0 Å². The SMILES string of the molecule is COC[C@@]1(O)CC[C@@]2(C)[C@@H](CC[C@@H]3[C@@H]2CC[C@]2(C)[C@@H](C(=O)Cn4ccc(F)n4)CC[C@@H]32)C1. The van der Waals surface area contributed by atoms with Crippen molar-refractivity contribution >= 4 is 5.78 Å². The van der Waals surface area contributed by atoms with Gasteiger partial charge in [-0.25, -0.2) is 0 Å². The molecule has 0 radical (unpaired) electrons. The van der Waals surface area contributed by atoms with E-state index in [0.717, 1.165) is 38.5 Å². The highest BCUT2D eigenvalue weighted by Crippen LogP contribution is 2.68. The minimum Gasteiger partial charge on any atom is -0.387 e. The molecule has 1 N–H and O–H groups in total. The van der Waals surface area contributed by atoms with E-state index in [-0.39, 0.29) is 23.7 Å². The van der Waals surface area contributed by atoms with Gasteiger partial charge in [0.15, 0.2) is 5.78 Å². The number of rotatable bonds is 5. The third kappa shape index (κ3) is 3.48. The molecule has 8 atom stereocenters. The quantitative estimate of drug-likeness (QED) is 0.716. The van der Waals surface area contributed by atoms with Crippen LogP contribution in [0, 0.1) is 46.4 Å². The second kappa shape index (κ2) is 7.90. The van der Waals surface area contributed by atoms with E-state index in [1.807, 2.05) is 0 Å². The maximum atomic E-state index is 13.3. The molecule has 32 heavy (non-hydrogen) atoms. The minimum atomic E-state index is -0.661. The molecule has 1 heterocycles. The first kappa shape index (κ1) is 22.5. The number of fused-ring (bicyclic) bond motifs is 5. The van der Waals surface area contributed by atoms with Crippen LogP contribution in [0.3, 0.4) is 0 Å². The summed E-state index contributed by atoms with van der Waals surface area (Å²) in [7, 11) is 1.69. The Morgan fingerprint density at radius 2 is 1.94 bits per heavy atom. The van der Waals surface area contributed by atoms with E-state index in [9.17, 15) is 14.3 Å². The Kier molecular flexibility index (Phi) is 5.56. The summed E-state index contributed by atoms with van der Waals surface area (Å²) in [6.45, 7) is 5.48. The van der Waals surface area contributed by atoms with Gasteiger partial charge in [0.2, 0.25) is 5.95 Å². The predicted molar refractivity (Wildman–Crippen MR) is 119 cm³/mol. The number of hydrogen-bond donors (Lipinski definition) is 1. The Labute approximate surface area is 191 Å². The summed E-state index contributed by atoms with van der Waals surface area (Å²) in [6.07, 6.45) is 11.1. The van der Waals surface area contributed by atoms with Crippen molar-refractivity contribution in [3.8, 4) is 0 Å². The van der Waals surface area contributed by atoms with Crippen molar-refractivity contribution in [1.82, 2.24) is 9.78 Å². The number of hydrogen-bond acceptors (Lipinski definition) is 4. The molecule has 4 fully saturated rings. The van der Waals surface area contributed by atoms with E-state index in [2.05, 4.69) is 18.9 Å². The van der Waals surface area contributed by atoms with Gasteiger partial charge in [-0.05, 0) is 92.3 Å². The molecule has 5 nitrogen and oxygen atoms in total. The van der Waals surface area contributed by atoms with Crippen LogP contribution < -0.4 is 0 Å². The van der Waals surface area contributed by atoms with Gasteiger partial charge in [0.25, 0.3) is 0 Å². The summed E-state index contributed by atoms with van der Waals surface area (Å²) in [5, 5.41) is 14.8. The number of carbonyl (C=O) groups is 1. The first-order valence-corrected chi connectivity index (χ1v) is 12.6. The van der Waals surface area contributed by atoms with Crippen LogP contribution >= 0.6 is 0 Å². The fourth-order valence-electron chi connectivity index (χ4n) is 8.95. The van der Waals surface area contributed by atoms with E-state index in [4.69, 9.17) is 4.74 Å². The van der Waals surface area contributed by atoms with Gasteiger partial charge in [-0.15, -0.1) is 5.10 Å². The van der Waals surface area contributed by atoms with Gasteiger partial charge in [-0.2, -0.15) is 4.39 Å². The van der Waals surface area contributed by atoms with Crippen molar-refractivity contribution < 1.29 is 19.0 Å². The van der Waals surface area contributed by atoms with Crippen LogP contribution in [0.15, 0.2) is 12.3 Å². The fraction of sp³-hybridized carbons (Fsp3) is 0.846. The van der Waals surface area contributed by atoms with Gasteiger partial charge in [0, 0.05) is 25.3 Å². The average Bonchev–Trinajstić information content (AvgIpc) is 3.31. The lowest BCUT2D eigenvalue weighted by atomic mass is 9.44. The number of nitrogens with zero attached hydrogens (tertiary/aromatic N) is 2. The van der Waals surface area contributed by atoms with E-state index < -0.39 is 11.5 Å². The molecule has 5 rings (SSSR count). The van der Waals surface area contributed by atoms with Crippen molar-refractivity contribution in [2.24, 2.45) is 40.4 Å². The van der Waals surface area contributed by atoms with Crippen molar-refractivity contribution in [1.29, 1.82) is 0 Å². The number of methoxy groups -OCH3 is 1. The Morgan fingerprint density at radius 3 is 2.66 bits per heavy atom. The molecule has 1 aromatic rings. The highest BCUT2D eigenvalue weighted by Gasteiger charge is 2.62. The molecule has 0 saturated heterocycles. The molecule has 0 aromatic carbocycles. The summed E-state index contributed by atoms with van der Waals surface area (Å²) in [4.78, 5) is 13.2. The lowest BCUT2D eigenvalue weighted by Gasteiger charge is -2.62. The lowest BCUT2D eigenvalue weighted by Crippen LogP contribution is -2.56. The standard InChI is InChI=1S/C26H39FN2O3/c1-24-11-12-26(31,16-32-3)14-17(24)4-5-18-19-6-7-21(25(19,2)10-8-20(18)24)22(30)15-29-13-9-23(27)28-29/h9,13,17-21,31H,4-8,10-12,14-16H2,1-3H3/t17-,18-,19-,20-,21+,24-,25-,26+/m0/s1. The van der Waals surface area contributed by atoms with Crippen molar-refractivity contribution in [3.63, 3.8) is 0 Å². The van der Waals surface area contributed by atoms with Crippen molar-refractivity contribution in [3.05, 3.63) is 18.2 Å². The van der Waals surface area contributed by atoms with Crippen molar-refractivity contribution in [2.45, 2.75) is 83.8 Å². The number of ether oxygens (including phenoxy) is 1. The number of ketones is 1. The maximum absolute atomic E-state index is 13.3. The van der Waals surface area contributed by atoms with E-state index in [1.54, 1.807) is 13.3 Å². The van der Waals surface area contributed by atoms with Crippen LogP contribution in [-0.4, -0.2) is 40.0 Å². The monoisotopic (exact) mass is 446 g/mol. The topological polar surface area (TPSA) is 64.3 Å². The summed E-state index contributed by atoms with van der Waals surface area (Å²) in [5.74, 6) is 2.30. The van der Waals surface area contributed by atoms with Gasteiger partial charge in [-0.3, -0.25) is 9.48 Å². The number of Topliss-reactive ketones (excluding diaryl/α,β-unsaturated/α-hetero) is 1. The molecule has 4 aliphatic rings. The normalized spacial score (nSPS) is 45.7. The van der Waals surface area contributed by atoms with Crippen LogP contribution in [0.1, 0.15) is 71.6 Å². The fourth-order valence-corrected chi connectivity index (χ4v) is 8.95. The molecule has 1 aromatic heterocycles. The molecule has 4 aliphatic carbocycles. The zero-order valence-electron chi connectivity index (χ0n) is 19.9. The maximum Gasteiger partial charge on any atom is 0.232 e. The molecule has 6 heteroatoms. The second-order valence-electron chi connectivity index (χ2n) is 12.0. The molecule has 0 spiro atoms. The van der Waals surface area contributed by atoms with E-state index in [1.165, 1.54) is 30.0 Å². The highest BCUT2D eigenvalue weighted by atomic mass is 19.1. The third-order valence-electron chi connectivity index (χ3n) is 10.5. The Morgan fingerprint density at radius 1 is 1.16 bits per heavy atom. The predicted octanol–water partition coefficient (Wildman–Crippen LogP) is 4.63. The lowest BCUT2D eigenvalue weighted by molar-refractivity contribution is -0.164. The molecular weight excluding hydrogens is 407 g/mol. The van der Waals surface area contributed by atoms with Crippen LogP contribution in [-0.2, 0) is 16.1 Å². The summed E-state index contributed by atoms with van der Waals surface area (Å²) in [5.41, 5.74) is -0.316. The number of aliphatic hydroxyl groups is 1. The molecule has 4 saturated carbocycles. The largest absolute Gasteiger partial charge is 0.387 e. The minimum absolute atomic E-state index is 0.0542. The molecular formula is C26H39FN2O3. The van der Waals surface area contributed by atoms with Gasteiger partial charge in [0.1, 0.15) is 0 Å². The van der Waals surface area contributed by atoms with Gasteiger partial charge < -0.3 is 9.84 Å². The van der Waals surface area contributed by atoms with Crippen molar-refractivity contribution in [2.75, 3.05) is 13.7 Å². The smallest absolute Gasteiger partial charge is 0.232 e. The van der Waals surface area contributed by atoms with E-state index in [0.29, 0.717) is 35.7 Å². The highest BCUT2D eigenvalue weighted by molar-refractivity contribution is 5.82. The molecule has 0 unspecified atom stereocenters. The van der Waals surface area contributed by atoms with E-state index >= 15 is 0 Å². The summed E-state index contributed by atoms with van der Waals surface area (Å²) >= 11 is 0. The number of halogens is 1. The Bertz CT molecular complexity index is 873. The summed E-state index contributed by atoms with van der Waals surface area (Å²) < 4.78 is 20.1. The van der Waals surface area contributed by atoms with Crippen LogP contribution in [0.4, 0.5) is 4.39 Å². The molecule has 0 amide bonds. The first-order chi connectivity index (χ1) is 15.2. The van der Waals surface area contributed by atoms with Crippen LogP contribution in [0.25, 0.3) is 0 Å². The number of aromatic nitrogens is 2. The van der Waals surface area contributed by atoms with Gasteiger partial charge in [0.05, 0.1) is 18.8 Å². The molecule has 0 aliphatic heterocycles.